The molecule has 0 aromatic heterocycles. The number of nitrogens with zero attached hydrogens (tertiary/aromatic N) is 1. The van der Waals surface area contributed by atoms with Gasteiger partial charge >= 0.3 is 5.97 Å². The summed E-state index contributed by atoms with van der Waals surface area (Å²) >= 11 is 0. The van der Waals surface area contributed by atoms with Gasteiger partial charge in [0.15, 0.2) is 0 Å². The number of benzene rings is 2. The van der Waals surface area contributed by atoms with Crippen LogP contribution < -0.4 is 15.4 Å². The standard InChI is InChI=1S/C16H18N2O3/c1-18(10-11-4-3-5-13(8-11)21-2)12-6-7-14(16(19)20)15(17)9-12/h3-9H,10,17H2,1-2H3,(H,19,20). The summed E-state index contributed by atoms with van der Waals surface area (Å²) in [6.45, 7) is 0.670. The number of ether oxygens (including phenoxy) is 1. The fourth-order valence-electron chi connectivity index (χ4n) is 2.12. The molecular weight excluding hydrogens is 268 g/mol. The van der Waals surface area contributed by atoms with E-state index in [1.165, 1.54) is 6.07 Å². The maximum Gasteiger partial charge on any atom is 0.337 e. The number of aromatic carboxylic acids is 1. The third-order valence-electron chi connectivity index (χ3n) is 3.26. The van der Waals surface area contributed by atoms with Crippen LogP contribution in [0.15, 0.2) is 42.5 Å². The maximum atomic E-state index is 11.0. The highest BCUT2D eigenvalue weighted by atomic mass is 16.5. The van der Waals surface area contributed by atoms with Crippen molar-refractivity contribution in [2.75, 3.05) is 24.8 Å². The number of carboxylic acid groups (broad SMARTS) is 1. The van der Waals surface area contributed by atoms with E-state index < -0.39 is 5.97 Å². The molecule has 0 heterocycles. The minimum absolute atomic E-state index is 0.119. The van der Waals surface area contributed by atoms with Gasteiger partial charge in [0, 0.05) is 25.0 Å². The number of rotatable bonds is 5. The molecule has 21 heavy (non-hydrogen) atoms. The summed E-state index contributed by atoms with van der Waals surface area (Å²) in [5, 5.41) is 8.98. The number of nitrogen functional groups attached to an aromatic ring is 1. The van der Waals surface area contributed by atoms with Crippen LogP contribution in [0.5, 0.6) is 5.75 Å². The van der Waals surface area contributed by atoms with Gasteiger partial charge in [-0.2, -0.15) is 0 Å². The minimum Gasteiger partial charge on any atom is -0.497 e. The molecule has 0 unspecified atom stereocenters. The van der Waals surface area contributed by atoms with Crippen LogP contribution in [0.25, 0.3) is 0 Å². The fraction of sp³-hybridized carbons (Fsp3) is 0.188. The lowest BCUT2D eigenvalue weighted by Crippen LogP contribution is -2.17. The van der Waals surface area contributed by atoms with E-state index in [2.05, 4.69) is 0 Å². The van der Waals surface area contributed by atoms with Crippen LogP contribution >= 0.6 is 0 Å². The molecule has 0 saturated carbocycles. The van der Waals surface area contributed by atoms with Crippen molar-refractivity contribution >= 4 is 17.3 Å². The molecule has 0 amide bonds. The molecule has 2 rings (SSSR count). The summed E-state index contributed by atoms with van der Waals surface area (Å²) in [5.41, 5.74) is 8.11. The van der Waals surface area contributed by atoms with Crippen molar-refractivity contribution in [3.8, 4) is 5.75 Å². The Bertz CT molecular complexity index is 656. The summed E-state index contributed by atoms with van der Waals surface area (Å²) in [4.78, 5) is 13.0. The highest BCUT2D eigenvalue weighted by molar-refractivity contribution is 5.94. The molecule has 0 radical (unpaired) electrons. The number of carbonyl (C=O) groups is 1. The first-order valence-electron chi connectivity index (χ1n) is 6.48. The monoisotopic (exact) mass is 286 g/mol. The van der Waals surface area contributed by atoms with Crippen molar-refractivity contribution in [3.63, 3.8) is 0 Å². The second kappa shape index (κ2) is 6.17. The molecule has 2 aromatic carbocycles. The van der Waals surface area contributed by atoms with E-state index >= 15 is 0 Å². The van der Waals surface area contributed by atoms with Gasteiger partial charge in [0.2, 0.25) is 0 Å². The topological polar surface area (TPSA) is 75.8 Å². The summed E-state index contributed by atoms with van der Waals surface area (Å²) < 4.78 is 5.20. The average Bonchev–Trinajstić information content (AvgIpc) is 2.46. The number of carboxylic acids is 1. The van der Waals surface area contributed by atoms with E-state index in [4.69, 9.17) is 15.6 Å². The predicted molar refractivity (Wildman–Crippen MR) is 82.9 cm³/mol. The summed E-state index contributed by atoms with van der Waals surface area (Å²) in [6, 6.07) is 12.7. The van der Waals surface area contributed by atoms with Gasteiger partial charge in [-0.25, -0.2) is 4.79 Å². The average molecular weight is 286 g/mol. The van der Waals surface area contributed by atoms with Gasteiger partial charge in [0.1, 0.15) is 5.75 Å². The second-order valence-electron chi connectivity index (χ2n) is 4.78. The summed E-state index contributed by atoms with van der Waals surface area (Å²) in [6.07, 6.45) is 0. The molecule has 110 valence electrons. The molecular formula is C16H18N2O3. The van der Waals surface area contributed by atoms with Gasteiger partial charge in [0.05, 0.1) is 12.7 Å². The van der Waals surface area contributed by atoms with Crippen LogP contribution in [0.2, 0.25) is 0 Å². The zero-order valence-electron chi connectivity index (χ0n) is 12.0. The lowest BCUT2D eigenvalue weighted by molar-refractivity contribution is 0.0698. The molecule has 0 aliphatic carbocycles. The SMILES string of the molecule is COc1cccc(CN(C)c2ccc(C(=O)O)c(N)c2)c1. The van der Waals surface area contributed by atoms with Crippen molar-refractivity contribution < 1.29 is 14.6 Å². The van der Waals surface area contributed by atoms with E-state index in [1.54, 1.807) is 19.2 Å². The van der Waals surface area contributed by atoms with Crippen molar-refractivity contribution in [2.24, 2.45) is 0 Å². The highest BCUT2D eigenvalue weighted by Crippen LogP contribution is 2.23. The van der Waals surface area contributed by atoms with Gasteiger partial charge in [-0.1, -0.05) is 12.1 Å². The molecule has 0 aliphatic rings. The molecule has 5 nitrogen and oxygen atoms in total. The van der Waals surface area contributed by atoms with E-state index in [-0.39, 0.29) is 11.3 Å². The molecule has 2 aromatic rings. The van der Waals surface area contributed by atoms with Crippen molar-refractivity contribution in [1.29, 1.82) is 0 Å². The number of nitrogens with two attached hydrogens (primary N) is 1. The van der Waals surface area contributed by atoms with Gasteiger partial charge in [-0.15, -0.1) is 0 Å². The smallest absolute Gasteiger partial charge is 0.337 e. The van der Waals surface area contributed by atoms with E-state index in [0.29, 0.717) is 6.54 Å². The van der Waals surface area contributed by atoms with E-state index in [1.807, 2.05) is 36.2 Å². The zero-order valence-corrected chi connectivity index (χ0v) is 12.0. The van der Waals surface area contributed by atoms with Gasteiger partial charge < -0.3 is 20.5 Å². The summed E-state index contributed by atoms with van der Waals surface area (Å²) in [7, 11) is 3.56. The molecule has 5 heteroatoms. The first-order chi connectivity index (χ1) is 10.0. The third kappa shape index (κ3) is 3.45. The highest BCUT2D eigenvalue weighted by Gasteiger charge is 2.10. The second-order valence-corrected chi connectivity index (χ2v) is 4.78. The molecule has 0 atom stereocenters. The lowest BCUT2D eigenvalue weighted by atomic mass is 10.1. The Morgan fingerprint density at radius 2 is 2.05 bits per heavy atom. The van der Waals surface area contributed by atoms with Crippen molar-refractivity contribution in [1.82, 2.24) is 0 Å². The molecule has 0 bridgehead atoms. The number of methoxy groups -OCH3 is 1. The Hall–Kier alpha value is -2.69. The Morgan fingerprint density at radius 1 is 1.29 bits per heavy atom. The van der Waals surface area contributed by atoms with Crippen LogP contribution in [0.1, 0.15) is 15.9 Å². The Labute approximate surface area is 123 Å². The third-order valence-corrected chi connectivity index (χ3v) is 3.26. The van der Waals surface area contributed by atoms with Gasteiger partial charge in [-0.05, 0) is 35.9 Å². The normalized spacial score (nSPS) is 10.2. The van der Waals surface area contributed by atoms with Crippen molar-refractivity contribution in [3.05, 3.63) is 53.6 Å². The van der Waals surface area contributed by atoms with Gasteiger partial charge in [-0.3, -0.25) is 0 Å². The first kappa shape index (κ1) is 14.7. The number of hydrogen-bond donors (Lipinski definition) is 2. The van der Waals surface area contributed by atoms with E-state index in [9.17, 15) is 4.79 Å². The molecule has 3 N–H and O–H groups in total. The molecule has 0 fully saturated rings. The van der Waals surface area contributed by atoms with Crippen LogP contribution in [0, 0.1) is 0 Å². The first-order valence-corrected chi connectivity index (χ1v) is 6.48. The quantitative estimate of drug-likeness (QED) is 0.826. The lowest BCUT2D eigenvalue weighted by Gasteiger charge is -2.20. The fourth-order valence-corrected chi connectivity index (χ4v) is 2.12. The number of anilines is 2. The number of hydrogen-bond acceptors (Lipinski definition) is 4. The van der Waals surface area contributed by atoms with Crippen LogP contribution in [-0.4, -0.2) is 25.2 Å². The molecule has 0 saturated heterocycles. The minimum atomic E-state index is -1.02. The zero-order chi connectivity index (χ0) is 15.4. The van der Waals surface area contributed by atoms with Crippen LogP contribution in [0.3, 0.4) is 0 Å². The van der Waals surface area contributed by atoms with Crippen LogP contribution in [-0.2, 0) is 6.54 Å². The van der Waals surface area contributed by atoms with Crippen molar-refractivity contribution in [2.45, 2.75) is 6.54 Å². The summed E-state index contributed by atoms with van der Waals surface area (Å²) in [5.74, 6) is -0.212. The predicted octanol–water partition coefficient (Wildman–Crippen LogP) is 2.61. The molecule has 0 spiro atoms. The molecule has 0 aliphatic heterocycles. The van der Waals surface area contributed by atoms with E-state index in [0.717, 1.165) is 17.0 Å². The Morgan fingerprint density at radius 3 is 2.67 bits per heavy atom. The van der Waals surface area contributed by atoms with Crippen LogP contribution in [0.4, 0.5) is 11.4 Å². The largest absolute Gasteiger partial charge is 0.497 e. The Balaban J connectivity index is 2.18. The maximum absolute atomic E-state index is 11.0. The Kier molecular flexibility index (Phi) is 4.33. The van der Waals surface area contributed by atoms with Gasteiger partial charge in [0.25, 0.3) is 0 Å².